The first-order valence-corrected chi connectivity index (χ1v) is 11.6. The Labute approximate surface area is 154 Å². The first-order chi connectivity index (χ1) is 12.2. The van der Waals surface area contributed by atoms with Crippen LogP contribution in [0.4, 0.5) is 0 Å². The van der Waals surface area contributed by atoms with Crippen molar-refractivity contribution in [2.45, 2.75) is 47.9 Å². The Morgan fingerprint density at radius 2 is 1.42 bits per heavy atom. The molecule has 2 aliphatic rings. The molecular formula is C16H23N3O5S2. The van der Waals surface area contributed by atoms with Crippen molar-refractivity contribution < 1.29 is 21.6 Å². The van der Waals surface area contributed by atoms with Gasteiger partial charge in [-0.15, -0.1) is 0 Å². The fraction of sp³-hybridized carbons (Fsp3) is 0.562. The molecule has 1 unspecified atom stereocenters. The van der Waals surface area contributed by atoms with Crippen molar-refractivity contribution in [1.29, 1.82) is 0 Å². The number of primary sulfonamides is 1. The maximum atomic E-state index is 13.1. The molecule has 0 radical (unpaired) electrons. The van der Waals surface area contributed by atoms with Gasteiger partial charge >= 0.3 is 0 Å². The Kier molecular flexibility index (Phi) is 5.38. The van der Waals surface area contributed by atoms with Crippen molar-refractivity contribution in [3.05, 3.63) is 24.3 Å². The third-order valence-corrected chi connectivity index (χ3v) is 7.77. The average Bonchev–Trinajstić information content (AvgIpc) is 3.15. The summed E-state index contributed by atoms with van der Waals surface area (Å²) in [5.41, 5.74) is 0. The maximum Gasteiger partial charge on any atom is 0.243 e. The van der Waals surface area contributed by atoms with E-state index in [2.05, 4.69) is 0 Å². The number of sulfonamides is 2. The van der Waals surface area contributed by atoms with Gasteiger partial charge in [0.05, 0.1) is 9.79 Å². The molecule has 0 aromatic heterocycles. The number of carbonyl (C=O) groups excluding carboxylic acids is 1. The maximum absolute atomic E-state index is 13.1. The Morgan fingerprint density at radius 1 is 0.885 bits per heavy atom. The lowest BCUT2D eigenvalue weighted by molar-refractivity contribution is -0.135. The quantitative estimate of drug-likeness (QED) is 0.788. The number of nitrogens with two attached hydrogens (primary N) is 1. The molecule has 144 valence electrons. The van der Waals surface area contributed by atoms with Gasteiger partial charge in [-0.25, -0.2) is 22.0 Å². The van der Waals surface area contributed by atoms with Crippen LogP contribution in [0.3, 0.4) is 0 Å². The third-order valence-electron chi connectivity index (χ3n) is 4.92. The molecule has 1 atom stereocenters. The van der Waals surface area contributed by atoms with Crippen LogP contribution in [0.1, 0.15) is 32.1 Å². The summed E-state index contributed by atoms with van der Waals surface area (Å²) in [7, 11) is -7.79. The van der Waals surface area contributed by atoms with Crippen molar-refractivity contribution in [3.63, 3.8) is 0 Å². The predicted molar refractivity (Wildman–Crippen MR) is 95.2 cm³/mol. The topological polar surface area (TPSA) is 118 Å². The van der Waals surface area contributed by atoms with E-state index in [0.29, 0.717) is 25.9 Å². The highest BCUT2D eigenvalue weighted by molar-refractivity contribution is 7.89. The second-order valence-corrected chi connectivity index (χ2v) is 10.1. The standard InChI is InChI=1S/C16H23N3O5S2/c17-25(21,22)13-6-8-14(9-7-13)26(23,24)19-12-2-1-5-15(19)16(20)18-10-3-4-11-18/h6-9,15H,1-5,10-12H2,(H2,17,21,22). The summed E-state index contributed by atoms with van der Waals surface area (Å²) in [5.74, 6) is -0.132. The molecular weight excluding hydrogens is 378 g/mol. The van der Waals surface area contributed by atoms with Crippen molar-refractivity contribution >= 4 is 26.0 Å². The summed E-state index contributed by atoms with van der Waals surface area (Å²) >= 11 is 0. The van der Waals surface area contributed by atoms with Crippen LogP contribution in [0.25, 0.3) is 0 Å². The first-order valence-electron chi connectivity index (χ1n) is 8.65. The Bertz CT molecular complexity index is 875. The molecule has 26 heavy (non-hydrogen) atoms. The second-order valence-electron chi connectivity index (χ2n) is 6.68. The van der Waals surface area contributed by atoms with Gasteiger partial charge in [-0.3, -0.25) is 4.79 Å². The first kappa shape index (κ1) is 19.3. The molecule has 0 saturated carbocycles. The number of carbonyl (C=O) groups is 1. The Balaban J connectivity index is 1.89. The molecule has 0 aliphatic carbocycles. The van der Waals surface area contributed by atoms with Crippen LogP contribution in [-0.2, 0) is 24.8 Å². The molecule has 8 nitrogen and oxygen atoms in total. The summed E-state index contributed by atoms with van der Waals surface area (Å²) in [4.78, 5) is 14.3. The fourth-order valence-corrected chi connectivity index (χ4v) is 5.69. The van der Waals surface area contributed by atoms with E-state index in [1.807, 2.05) is 0 Å². The average molecular weight is 402 g/mol. The van der Waals surface area contributed by atoms with E-state index in [1.54, 1.807) is 4.90 Å². The van der Waals surface area contributed by atoms with E-state index >= 15 is 0 Å². The summed E-state index contributed by atoms with van der Waals surface area (Å²) in [6.07, 6.45) is 3.89. The van der Waals surface area contributed by atoms with Gasteiger partial charge < -0.3 is 4.90 Å². The molecule has 2 heterocycles. The lowest BCUT2D eigenvalue weighted by Crippen LogP contribution is -2.52. The number of hydrogen-bond acceptors (Lipinski definition) is 5. The van der Waals surface area contributed by atoms with Crippen LogP contribution in [-0.4, -0.2) is 57.6 Å². The number of likely N-dealkylation sites (tertiary alicyclic amines) is 1. The molecule has 1 amide bonds. The molecule has 1 aromatic rings. The van der Waals surface area contributed by atoms with Gasteiger partial charge in [0.2, 0.25) is 26.0 Å². The zero-order valence-electron chi connectivity index (χ0n) is 14.4. The number of hydrogen-bond donors (Lipinski definition) is 1. The Hall–Kier alpha value is -1.49. The lowest BCUT2D eigenvalue weighted by atomic mass is 10.0. The lowest BCUT2D eigenvalue weighted by Gasteiger charge is -2.35. The monoisotopic (exact) mass is 401 g/mol. The van der Waals surface area contributed by atoms with Crippen molar-refractivity contribution in [1.82, 2.24) is 9.21 Å². The molecule has 10 heteroatoms. The Morgan fingerprint density at radius 3 is 2.00 bits per heavy atom. The van der Waals surface area contributed by atoms with Gasteiger partial charge in [0, 0.05) is 19.6 Å². The van der Waals surface area contributed by atoms with Gasteiger partial charge in [-0.2, -0.15) is 4.31 Å². The zero-order valence-corrected chi connectivity index (χ0v) is 16.0. The van der Waals surface area contributed by atoms with E-state index in [-0.39, 0.29) is 22.2 Å². The van der Waals surface area contributed by atoms with E-state index < -0.39 is 26.1 Å². The summed E-state index contributed by atoms with van der Waals surface area (Å²) in [5, 5.41) is 5.05. The molecule has 1 aromatic carbocycles. The number of benzene rings is 1. The van der Waals surface area contributed by atoms with Gasteiger partial charge in [0.25, 0.3) is 0 Å². The smallest absolute Gasteiger partial charge is 0.243 e. The van der Waals surface area contributed by atoms with Crippen LogP contribution < -0.4 is 5.14 Å². The molecule has 2 fully saturated rings. The number of amides is 1. The third kappa shape index (κ3) is 3.78. The number of nitrogens with zero attached hydrogens (tertiary/aromatic N) is 2. The van der Waals surface area contributed by atoms with Crippen molar-refractivity contribution in [3.8, 4) is 0 Å². The van der Waals surface area contributed by atoms with Gasteiger partial charge in [-0.05, 0) is 49.9 Å². The number of piperidine rings is 1. The van der Waals surface area contributed by atoms with Crippen LogP contribution in [0.2, 0.25) is 0 Å². The minimum absolute atomic E-state index is 0.0361. The van der Waals surface area contributed by atoms with Crippen LogP contribution in [0.5, 0.6) is 0 Å². The SMILES string of the molecule is NS(=O)(=O)c1ccc(S(=O)(=O)N2CCCCC2C(=O)N2CCCC2)cc1. The molecule has 2 aliphatic heterocycles. The summed E-state index contributed by atoms with van der Waals surface area (Å²) in [6, 6.07) is 4.10. The predicted octanol–water partition coefficient (Wildman–Crippen LogP) is 0.500. The fourth-order valence-electron chi connectivity index (χ4n) is 3.52. The van der Waals surface area contributed by atoms with Crippen LogP contribution in [0.15, 0.2) is 34.1 Å². The highest BCUT2D eigenvalue weighted by Crippen LogP contribution is 2.28. The van der Waals surface area contributed by atoms with E-state index in [1.165, 1.54) is 28.6 Å². The summed E-state index contributed by atoms with van der Waals surface area (Å²) in [6.45, 7) is 1.63. The van der Waals surface area contributed by atoms with Crippen LogP contribution >= 0.6 is 0 Å². The number of rotatable bonds is 4. The highest BCUT2D eigenvalue weighted by Gasteiger charge is 2.39. The zero-order chi connectivity index (χ0) is 18.9. The minimum atomic E-state index is -3.90. The normalized spacial score (nSPS) is 22.5. The van der Waals surface area contributed by atoms with E-state index in [9.17, 15) is 21.6 Å². The van der Waals surface area contributed by atoms with Crippen molar-refractivity contribution in [2.75, 3.05) is 19.6 Å². The molecule has 0 bridgehead atoms. The molecule has 0 spiro atoms. The second kappa shape index (κ2) is 7.26. The molecule has 3 rings (SSSR count). The largest absolute Gasteiger partial charge is 0.341 e. The molecule has 2 N–H and O–H groups in total. The van der Waals surface area contributed by atoms with Gasteiger partial charge in [0.15, 0.2) is 0 Å². The minimum Gasteiger partial charge on any atom is -0.341 e. The van der Waals surface area contributed by atoms with Gasteiger partial charge in [-0.1, -0.05) is 6.42 Å². The van der Waals surface area contributed by atoms with Gasteiger partial charge in [0.1, 0.15) is 6.04 Å². The summed E-state index contributed by atoms with van der Waals surface area (Å²) < 4.78 is 50.1. The van der Waals surface area contributed by atoms with E-state index in [0.717, 1.165) is 19.3 Å². The molecule has 2 saturated heterocycles. The van der Waals surface area contributed by atoms with Crippen molar-refractivity contribution in [2.24, 2.45) is 5.14 Å². The highest BCUT2D eigenvalue weighted by atomic mass is 32.2. The van der Waals surface area contributed by atoms with Crippen LogP contribution in [0, 0.1) is 0 Å². The van der Waals surface area contributed by atoms with E-state index in [4.69, 9.17) is 5.14 Å².